The van der Waals surface area contributed by atoms with Crippen molar-refractivity contribution in [3.8, 4) is 0 Å². The van der Waals surface area contributed by atoms with Gasteiger partial charge in [0.15, 0.2) is 0 Å². The maximum absolute atomic E-state index is 10.7. The number of nitrogens with two attached hydrogens (primary N) is 2. The van der Waals surface area contributed by atoms with Crippen molar-refractivity contribution in [3.63, 3.8) is 0 Å². The first-order chi connectivity index (χ1) is 6.53. The van der Waals surface area contributed by atoms with E-state index in [1.165, 1.54) is 6.42 Å². The van der Waals surface area contributed by atoms with Crippen LogP contribution in [0.15, 0.2) is 0 Å². The fraction of sp³-hybridized carbons (Fsp3) is 0.900. The number of carbonyl (C=O) groups is 1. The molecule has 0 bridgehead atoms. The highest BCUT2D eigenvalue weighted by atomic mass is 16.5. The van der Waals surface area contributed by atoms with Gasteiger partial charge in [0.1, 0.15) is 6.10 Å². The molecule has 82 valence electrons. The van der Waals surface area contributed by atoms with Gasteiger partial charge in [0.05, 0.1) is 6.61 Å². The Morgan fingerprint density at radius 3 is 2.50 bits per heavy atom. The lowest BCUT2D eigenvalue weighted by atomic mass is 9.83. The molecule has 1 aliphatic rings. The normalized spacial score (nSPS) is 23.0. The first-order valence-corrected chi connectivity index (χ1v) is 5.23. The molecular weight excluding hydrogens is 180 g/mol. The molecule has 14 heavy (non-hydrogen) atoms. The molecule has 0 radical (unpaired) electrons. The predicted molar refractivity (Wildman–Crippen MR) is 54.6 cm³/mol. The van der Waals surface area contributed by atoms with Gasteiger partial charge < -0.3 is 16.2 Å². The Hall–Kier alpha value is -0.610. The lowest BCUT2D eigenvalue weighted by Crippen LogP contribution is -2.47. The summed E-state index contributed by atoms with van der Waals surface area (Å²) in [4.78, 5) is 10.7. The molecule has 0 spiro atoms. The molecule has 1 amide bonds. The smallest absolute Gasteiger partial charge is 0.246 e. The van der Waals surface area contributed by atoms with Gasteiger partial charge in [0.25, 0.3) is 0 Å². The third-order valence-electron chi connectivity index (χ3n) is 2.87. The van der Waals surface area contributed by atoms with Gasteiger partial charge in [0, 0.05) is 5.54 Å². The van der Waals surface area contributed by atoms with E-state index in [4.69, 9.17) is 16.2 Å². The molecule has 1 atom stereocenters. The van der Waals surface area contributed by atoms with E-state index >= 15 is 0 Å². The molecule has 1 fully saturated rings. The molecule has 0 aromatic heterocycles. The van der Waals surface area contributed by atoms with E-state index in [0.29, 0.717) is 6.61 Å². The molecule has 0 aliphatic heterocycles. The van der Waals surface area contributed by atoms with Crippen molar-refractivity contribution in [2.24, 2.45) is 11.5 Å². The minimum atomic E-state index is -0.530. The van der Waals surface area contributed by atoms with E-state index in [9.17, 15) is 4.79 Å². The predicted octanol–water partition coefficient (Wildman–Crippen LogP) is 0.538. The number of hydrogen-bond acceptors (Lipinski definition) is 3. The number of rotatable bonds is 4. The van der Waals surface area contributed by atoms with E-state index in [2.05, 4.69) is 0 Å². The van der Waals surface area contributed by atoms with Crippen LogP contribution in [0.3, 0.4) is 0 Å². The summed E-state index contributed by atoms with van der Waals surface area (Å²) in [5.74, 6) is -0.426. The summed E-state index contributed by atoms with van der Waals surface area (Å²) in [6, 6.07) is 0. The highest BCUT2D eigenvalue weighted by Gasteiger charge is 2.28. The first-order valence-electron chi connectivity index (χ1n) is 5.23. The molecule has 1 unspecified atom stereocenters. The lowest BCUT2D eigenvalue weighted by molar-refractivity contribution is -0.129. The van der Waals surface area contributed by atoms with Crippen LogP contribution in [0, 0.1) is 0 Å². The van der Waals surface area contributed by atoms with Gasteiger partial charge in [-0.3, -0.25) is 4.79 Å². The van der Waals surface area contributed by atoms with Crippen LogP contribution in [0.1, 0.15) is 39.0 Å². The maximum Gasteiger partial charge on any atom is 0.246 e. The largest absolute Gasteiger partial charge is 0.367 e. The third-order valence-corrected chi connectivity index (χ3v) is 2.87. The number of ether oxygens (including phenoxy) is 1. The summed E-state index contributed by atoms with van der Waals surface area (Å²) in [7, 11) is 0. The second kappa shape index (κ2) is 4.75. The van der Waals surface area contributed by atoms with Gasteiger partial charge in [-0.05, 0) is 19.8 Å². The van der Waals surface area contributed by atoms with Crippen LogP contribution in [0.25, 0.3) is 0 Å². The number of hydrogen-bond donors (Lipinski definition) is 2. The Morgan fingerprint density at radius 1 is 1.43 bits per heavy atom. The molecular formula is C10H20N2O2. The second-order valence-electron chi connectivity index (χ2n) is 4.28. The molecule has 4 N–H and O–H groups in total. The van der Waals surface area contributed by atoms with E-state index in [1.54, 1.807) is 6.92 Å². The maximum atomic E-state index is 10.7. The fourth-order valence-electron chi connectivity index (χ4n) is 1.77. The Morgan fingerprint density at radius 2 is 2.00 bits per heavy atom. The van der Waals surface area contributed by atoms with Gasteiger partial charge >= 0.3 is 0 Å². The van der Waals surface area contributed by atoms with Crippen LogP contribution in [-0.2, 0) is 9.53 Å². The van der Waals surface area contributed by atoms with Crippen molar-refractivity contribution in [3.05, 3.63) is 0 Å². The molecule has 1 aliphatic carbocycles. The molecule has 1 saturated carbocycles. The highest BCUT2D eigenvalue weighted by molar-refractivity contribution is 5.78. The monoisotopic (exact) mass is 200 g/mol. The summed E-state index contributed by atoms with van der Waals surface area (Å²) < 4.78 is 5.35. The van der Waals surface area contributed by atoms with E-state index in [1.807, 2.05) is 0 Å². The summed E-state index contributed by atoms with van der Waals surface area (Å²) in [6.07, 6.45) is 5.01. The fourth-order valence-corrected chi connectivity index (χ4v) is 1.77. The zero-order valence-corrected chi connectivity index (χ0v) is 8.79. The number of carbonyl (C=O) groups excluding carboxylic acids is 1. The van der Waals surface area contributed by atoms with Crippen LogP contribution in [0.4, 0.5) is 0 Å². The van der Waals surface area contributed by atoms with Gasteiger partial charge in [0.2, 0.25) is 5.91 Å². The average molecular weight is 200 g/mol. The van der Waals surface area contributed by atoms with Crippen LogP contribution in [0.5, 0.6) is 0 Å². The Labute approximate surface area is 85.0 Å². The highest BCUT2D eigenvalue weighted by Crippen LogP contribution is 2.26. The summed E-state index contributed by atoms with van der Waals surface area (Å²) in [5, 5.41) is 0. The number of amides is 1. The third kappa shape index (κ3) is 3.27. The quantitative estimate of drug-likeness (QED) is 0.695. The Balaban J connectivity index is 2.31. The van der Waals surface area contributed by atoms with Crippen LogP contribution >= 0.6 is 0 Å². The van der Waals surface area contributed by atoms with E-state index in [-0.39, 0.29) is 5.54 Å². The minimum Gasteiger partial charge on any atom is -0.367 e. The van der Waals surface area contributed by atoms with Gasteiger partial charge in [-0.15, -0.1) is 0 Å². The average Bonchev–Trinajstić information content (AvgIpc) is 2.15. The van der Waals surface area contributed by atoms with E-state index in [0.717, 1.165) is 25.7 Å². The summed E-state index contributed by atoms with van der Waals surface area (Å²) in [5.41, 5.74) is 11.0. The van der Waals surface area contributed by atoms with Crippen molar-refractivity contribution in [2.75, 3.05) is 6.61 Å². The van der Waals surface area contributed by atoms with Crippen molar-refractivity contribution in [2.45, 2.75) is 50.7 Å². The van der Waals surface area contributed by atoms with Crippen LogP contribution < -0.4 is 11.5 Å². The van der Waals surface area contributed by atoms with Crippen molar-refractivity contribution in [1.82, 2.24) is 0 Å². The van der Waals surface area contributed by atoms with Crippen molar-refractivity contribution < 1.29 is 9.53 Å². The van der Waals surface area contributed by atoms with Crippen LogP contribution in [-0.4, -0.2) is 24.2 Å². The first kappa shape index (κ1) is 11.5. The molecule has 0 saturated heterocycles. The molecule has 0 aromatic carbocycles. The minimum absolute atomic E-state index is 0.234. The van der Waals surface area contributed by atoms with Gasteiger partial charge in [-0.2, -0.15) is 0 Å². The van der Waals surface area contributed by atoms with E-state index < -0.39 is 12.0 Å². The topological polar surface area (TPSA) is 78.3 Å². The van der Waals surface area contributed by atoms with Crippen molar-refractivity contribution in [1.29, 1.82) is 0 Å². The summed E-state index contributed by atoms with van der Waals surface area (Å²) >= 11 is 0. The molecule has 0 aromatic rings. The lowest BCUT2D eigenvalue weighted by Gasteiger charge is -2.33. The Kier molecular flexibility index (Phi) is 3.89. The van der Waals surface area contributed by atoms with Crippen LogP contribution in [0.2, 0.25) is 0 Å². The zero-order chi connectivity index (χ0) is 10.6. The zero-order valence-electron chi connectivity index (χ0n) is 8.79. The molecule has 0 heterocycles. The number of primary amides is 1. The second-order valence-corrected chi connectivity index (χ2v) is 4.28. The standard InChI is InChI=1S/C10H20N2O2/c1-8(9(11)13)14-7-10(12)5-3-2-4-6-10/h8H,2-7,12H2,1H3,(H2,11,13). The van der Waals surface area contributed by atoms with Crippen molar-refractivity contribution >= 4 is 5.91 Å². The molecule has 1 rings (SSSR count). The Bertz CT molecular complexity index is 200. The molecule has 4 nitrogen and oxygen atoms in total. The van der Waals surface area contributed by atoms with Gasteiger partial charge in [-0.1, -0.05) is 19.3 Å². The van der Waals surface area contributed by atoms with Gasteiger partial charge in [-0.25, -0.2) is 0 Å². The SMILES string of the molecule is CC(OCC1(N)CCCCC1)C(N)=O. The summed E-state index contributed by atoms with van der Waals surface area (Å²) in [6.45, 7) is 2.10. The molecule has 4 heteroatoms.